The maximum Gasteiger partial charge on any atom is 0.162 e. The van der Waals surface area contributed by atoms with Crippen LogP contribution in [-0.2, 0) is 6.42 Å². The zero-order chi connectivity index (χ0) is 14.5. The lowest BCUT2D eigenvalue weighted by Gasteiger charge is -2.25. The number of hydrogen-bond acceptors (Lipinski definition) is 1. The van der Waals surface area contributed by atoms with E-state index in [4.69, 9.17) is 0 Å². The van der Waals surface area contributed by atoms with Crippen LogP contribution < -0.4 is 5.32 Å². The molecule has 0 spiro atoms. The molecule has 1 aromatic rings. The van der Waals surface area contributed by atoms with Crippen LogP contribution in [0.15, 0.2) is 18.2 Å². The van der Waals surface area contributed by atoms with Crippen molar-refractivity contribution in [3.05, 3.63) is 35.4 Å². The van der Waals surface area contributed by atoms with Crippen LogP contribution in [0.2, 0.25) is 0 Å². The van der Waals surface area contributed by atoms with Crippen molar-refractivity contribution >= 4 is 0 Å². The fourth-order valence-electron chi connectivity index (χ4n) is 3.29. The molecule has 0 heterocycles. The second kappa shape index (κ2) is 7.16. The Morgan fingerprint density at radius 2 is 2.10 bits per heavy atom. The summed E-state index contributed by atoms with van der Waals surface area (Å²) < 4.78 is 27.2. The zero-order valence-corrected chi connectivity index (χ0v) is 12.5. The van der Waals surface area contributed by atoms with Crippen molar-refractivity contribution < 1.29 is 8.78 Å². The van der Waals surface area contributed by atoms with Gasteiger partial charge >= 0.3 is 0 Å². The predicted octanol–water partition coefficient (Wildman–Crippen LogP) is 4.31. The highest BCUT2D eigenvalue weighted by Crippen LogP contribution is 2.34. The van der Waals surface area contributed by atoms with Crippen molar-refractivity contribution in [1.29, 1.82) is 0 Å². The SMILES string of the molecule is CCCNC(Cc1cccc(F)c1F)C1CCC(C)C1. The summed E-state index contributed by atoms with van der Waals surface area (Å²) in [6.45, 7) is 5.34. The first-order chi connectivity index (χ1) is 9.61. The van der Waals surface area contributed by atoms with Crippen LogP contribution in [0.25, 0.3) is 0 Å². The summed E-state index contributed by atoms with van der Waals surface area (Å²) in [4.78, 5) is 0. The van der Waals surface area contributed by atoms with E-state index in [0.29, 0.717) is 17.9 Å². The third-order valence-electron chi connectivity index (χ3n) is 4.43. The molecule has 20 heavy (non-hydrogen) atoms. The molecule has 112 valence electrons. The minimum atomic E-state index is -0.739. The molecule has 1 N–H and O–H groups in total. The zero-order valence-electron chi connectivity index (χ0n) is 12.5. The van der Waals surface area contributed by atoms with E-state index in [9.17, 15) is 8.78 Å². The first-order valence-electron chi connectivity index (χ1n) is 7.78. The predicted molar refractivity (Wildman–Crippen MR) is 78.6 cm³/mol. The summed E-state index contributed by atoms with van der Waals surface area (Å²) in [7, 11) is 0. The minimum absolute atomic E-state index is 0.260. The molecule has 0 saturated heterocycles. The van der Waals surface area contributed by atoms with E-state index in [1.807, 2.05) is 0 Å². The van der Waals surface area contributed by atoms with Crippen molar-refractivity contribution in [2.45, 2.75) is 52.0 Å². The van der Waals surface area contributed by atoms with Gasteiger partial charge in [0.15, 0.2) is 11.6 Å². The van der Waals surface area contributed by atoms with Gasteiger partial charge in [0, 0.05) is 6.04 Å². The summed E-state index contributed by atoms with van der Waals surface area (Å²) >= 11 is 0. The number of rotatable bonds is 6. The fraction of sp³-hybridized carbons (Fsp3) is 0.647. The van der Waals surface area contributed by atoms with Gasteiger partial charge in [-0.25, -0.2) is 8.78 Å². The van der Waals surface area contributed by atoms with E-state index >= 15 is 0 Å². The average Bonchev–Trinajstić information content (AvgIpc) is 2.86. The maximum absolute atomic E-state index is 13.8. The number of halogens is 2. The van der Waals surface area contributed by atoms with Crippen molar-refractivity contribution in [3.8, 4) is 0 Å². The fourth-order valence-corrected chi connectivity index (χ4v) is 3.29. The van der Waals surface area contributed by atoms with Gasteiger partial charge in [-0.3, -0.25) is 0 Å². The molecule has 1 aromatic carbocycles. The van der Waals surface area contributed by atoms with Crippen molar-refractivity contribution in [1.82, 2.24) is 5.32 Å². The van der Waals surface area contributed by atoms with Gasteiger partial charge in [-0.2, -0.15) is 0 Å². The topological polar surface area (TPSA) is 12.0 Å². The molecule has 0 radical (unpaired) electrons. The summed E-state index contributed by atoms with van der Waals surface area (Å²) in [6, 6.07) is 4.75. The van der Waals surface area contributed by atoms with Gasteiger partial charge in [0.1, 0.15) is 0 Å². The molecular formula is C17H25F2N. The smallest absolute Gasteiger partial charge is 0.162 e. The Hall–Kier alpha value is -0.960. The molecule has 1 fully saturated rings. The van der Waals surface area contributed by atoms with E-state index in [1.165, 1.54) is 25.3 Å². The molecule has 3 heteroatoms. The summed E-state index contributed by atoms with van der Waals surface area (Å²) in [5.41, 5.74) is 0.498. The Kier molecular flexibility index (Phi) is 5.53. The van der Waals surface area contributed by atoms with Crippen LogP contribution in [0.4, 0.5) is 8.78 Å². The first-order valence-corrected chi connectivity index (χ1v) is 7.78. The molecule has 0 bridgehead atoms. The van der Waals surface area contributed by atoms with Crippen LogP contribution in [0.5, 0.6) is 0 Å². The molecule has 1 saturated carbocycles. The average molecular weight is 281 g/mol. The van der Waals surface area contributed by atoms with E-state index in [0.717, 1.165) is 18.9 Å². The molecule has 0 aliphatic heterocycles. The first kappa shape index (κ1) is 15.4. The number of hydrogen-bond donors (Lipinski definition) is 1. The number of nitrogens with one attached hydrogen (secondary N) is 1. The summed E-state index contributed by atoms with van der Waals surface area (Å²) in [6.07, 6.45) is 5.28. The number of benzene rings is 1. The van der Waals surface area contributed by atoms with E-state index < -0.39 is 11.6 Å². The van der Waals surface area contributed by atoms with Gasteiger partial charge in [0.2, 0.25) is 0 Å². The quantitative estimate of drug-likeness (QED) is 0.819. The van der Waals surface area contributed by atoms with Crippen molar-refractivity contribution in [3.63, 3.8) is 0 Å². The van der Waals surface area contributed by atoms with Gasteiger partial charge < -0.3 is 5.32 Å². The molecule has 3 unspecified atom stereocenters. The lowest BCUT2D eigenvalue weighted by molar-refractivity contribution is 0.344. The normalized spacial score (nSPS) is 24.0. The van der Waals surface area contributed by atoms with Crippen LogP contribution in [0.3, 0.4) is 0 Å². The molecule has 1 aliphatic rings. The highest BCUT2D eigenvalue weighted by molar-refractivity contribution is 5.20. The molecule has 2 rings (SSSR count). The minimum Gasteiger partial charge on any atom is -0.313 e. The van der Waals surface area contributed by atoms with Crippen LogP contribution in [0.1, 0.15) is 45.1 Å². The maximum atomic E-state index is 13.8. The molecule has 3 atom stereocenters. The second-order valence-corrected chi connectivity index (χ2v) is 6.16. The van der Waals surface area contributed by atoms with Crippen LogP contribution in [0, 0.1) is 23.5 Å². The van der Waals surface area contributed by atoms with Crippen LogP contribution in [-0.4, -0.2) is 12.6 Å². The Morgan fingerprint density at radius 1 is 1.30 bits per heavy atom. The van der Waals surface area contributed by atoms with Crippen LogP contribution >= 0.6 is 0 Å². The van der Waals surface area contributed by atoms with Gasteiger partial charge in [0.25, 0.3) is 0 Å². The van der Waals surface area contributed by atoms with E-state index in [2.05, 4.69) is 19.2 Å². The van der Waals surface area contributed by atoms with Gasteiger partial charge in [-0.15, -0.1) is 0 Å². The molecule has 0 aromatic heterocycles. The third-order valence-corrected chi connectivity index (χ3v) is 4.43. The Balaban J connectivity index is 2.08. The Labute approximate surface area is 120 Å². The van der Waals surface area contributed by atoms with Gasteiger partial charge in [0.05, 0.1) is 0 Å². The Morgan fingerprint density at radius 3 is 2.75 bits per heavy atom. The molecule has 1 nitrogen and oxygen atoms in total. The summed E-state index contributed by atoms with van der Waals surface area (Å²) in [5, 5.41) is 3.54. The monoisotopic (exact) mass is 281 g/mol. The largest absolute Gasteiger partial charge is 0.313 e. The second-order valence-electron chi connectivity index (χ2n) is 6.16. The lowest BCUT2D eigenvalue weighted by atomic mass is 9.91. The standard InChI is InChI=1S/C17H25F2N/c1-3-9-20-16(13-8-7-12(2)10-13)11-14-5-4-6-15(18)17(14)19/h4-6,12-13,16,20H,3,7-11H2,1-2H3. The molecule has 0 amide bonds. The van der Waals surface area contributed by atoms with Crippen molar-refractivity contribution in [2.24, 2.45) is 11.8 Å². The van der Waals surface area contributed by atoms with Gasteiger partial charge in [-0.05, 0) is 55.7 Å². The van der Waals surface area contributed by atoms with E-state index in [1.54, 1.807) is 12.1 Å². The van der Waals surface area contributed by atoms with Crippen molar-refractivity contribution in [2.75, 3.05) is 6.54 Å². The summed E-state index contributed by atoms with van der Waals surface area (Å²) in [5.74, 6) is -0.0825. The van der Waals surface area contributed by atoms with Gasteiger partial charge in [-0.1, -0.05) is 32.4 Å². The highest BCUT2D eigenvalue weighted by atomic mass is 19.2. The highest BCUT2D eigenvalue weighted by Gasteiger charge is 2.29. The molecule has 1 aliphatic carbocycles. The Bertz CT molecular complexity index is 433. The third kappa shape index (κ3) is 3.78. The lowest BCUT2D eigenvalue weighted by Crippen LogP contribution is -2.38. The molecular weight excluding hydrogens is 256 g/mol. The van der Waals surface area contributed by atoms with E-state index in [-0.39, 0.29) is 6.04 Å².